The summed E-state index contributed by atoms with van der Waals surface area (Å²) < 4.78 is 3.58. The van der Waals surface area contributed by atoms with Crippen molar-refractivity contribution in [2.45, 2.75) is 12.0 Å². The van der Waals surface area contributed by atoms with E-state index in [1.165, 1.54) is 0 Å². The molecule has 5 rings (SSSR count). The number of nitrogens with zero attached hydrogens (tertiary/aromatic N) is 3. The molecule has 0 radical (unpaired) electrons. The second-order valence-electron chi connectivity index (χ2n) is 8.75. The molecule has 2 aromatic heterocycles. The number of rotatable bonds is 4. The Balaban J connectivity index is 1.82. The summed E-state index contributed by atoms with van der Waals surface area (Å²) in [5.41, 5.74) is 11.4. The minimum atomic E-state index is -0.984. The van der Waals surface area contributed by atoms with Crippen LogP contribution >= 0.6 is 23.2 Å². The fourth-order valence-electron chi connectivity index (χ4n) is 4.73. The molecule has 0 fully saturated rings. The lowest BCUT2D eigenvalue weighted by atomic mass is 9.78. The summed E-state index contributed by atoms with van der Waals surface area (Å²) in [6.45, 7) is 0. The Morgan fingerprint density at radius 1 is 1.06 bits per heavy atom. The van der Waals surface area contributed by atoms with Crippen molar-refractivity contribution >= 4 is 34.1 Å². The second kappa shape index (κ2) is 9.00. The monoisotopic (exact) mass is 502 g/mol. The third-order valence-corrected chi connectivity index (χ3v) is 7.11. The van der Waals surface area contributed by atoms with Gasteiger partial charge in [0.1, 0.15) is 5.54 Å². The lowest BCUT2D eigenvalue weighted by Gasteiger charge is -2.33. The first-order valence-electron chi connectivity index (χ1n) is 11.2. The molecule has 7 heteroatoms. The van der Waals surface area contributed by atoms with Crippen LogP contribution in [-0.2, 0) is 19.6 Å². The van der Waals surface area contributed by atoms with E-state index in [0.29, 0.717) is 16.5 Å². The van der Waals surface area contributed by atoms with E-state index < -0.39 is 5.54 Å². The van der Waals surface area contributed by atoms with E-state index >= 15 is 0 Å². The molecule has 176 valence electrons. The number of hydrogen-bond acceptors (Lipinski definition) is 3. The molecule has 2 aromatic carbocycles. The van der Waals surface area contributed by atoms with Crippen LogP contribution in [0.25, 0.3) is 22.0 Å². The Labute approximate surface area is 213 Å². The Morgan fingerprint density at radius 3 is 2.63 bits per heavy atom. The normalized spacial score (nSPS) is 15.5. The number of allylic oxidation sites excluding steroid dienone is 5. The summed E-state index contributed by atoms with van der Waals surface area (Å²) in [6.07, 6.45) is 11.9. The van der Waals surface area contributed by atoms with E-state index in [2.05, 4.69) is 11.1 Å². The molecule has 35 heavy (non-hydrogen) atoms. The van der Waals surface area contributed by atoms with Crippen LogP contribution in [0.1, 0.15) is 17.7 Å². The molecule has 0 saturated carbocycles. The fourth-order valence-corrected chi connectivity index (χ4v) is 5.07. The van der Waals surface area contributed by atoms with Gasteiger partial charge in [-0.05, 0) is 65.1 Å². The highest BCUT2D eigenvalue weighted by Gasteiger charge is 2.36. The van der Waals surface area contributed by atoms with Crippen LogP contribution in [0.5, 0.6) is 0 Å². The first kappa shape index (κ1) is 23.4. The largest absolute Gasteiger partial charge is 0.336 e. The van der Waals surface area contributed by atoms with Crippen LogP contribution in [0.2, 0.25) is 5.02 Å². The molecular weight excluding hydrogens is 479 g/mol. The van der Waals surface area contributed by atoms with Crippen LogP contribution in [0.15, 0.2) is 101 Å². The van der Waals surface area contributed by atoms with Gasteiger partial charge in [-0.15, -0.1) is 0 Å². The van der Waals surface area contributed by atoms with Gasteiger partial charge in [0.25, 0.3) is 5.56 Å². The van der Waals surface area contributed by atoms with Gasteiger partial charge < -0.3 is 14.9 Å². The van der Waals surface area contributed by atoms with Gasteiger partial charge in [-0.1, -0.05) is 53.6 Å². The van der Waals surface area contributed by atoms with Gasteiger partial charge in [0.15, 0.2) is 0 Å². The molecule has 5 nitrogen and oxygen atoms in total. The number of halogens is 2. The van der Waals surface area contributed by atoms with E-state index in [9.17, 15) is 4.79 Å². The predicted molar refractivity (Wildman–Crippen MR) is 144 cm³/mol. The zero-order chi connectivity index (χ0) is 24.7. The van der Waals surface area contributed by atoms with E-state index in [1.807, 2.05) is 72.3 Å². The topological polar surface area (TPSA) is 65.8 Å². The van der Waals surface area contributed by atoms with E-state index in [4.69, 9.17) is 28.9 Å². The molecule has 0 aliphatic heterocycles. The molecule has 4 aromatic rings. The third-order valence-electron chi connectivity index (χ3n) is 6.62. The summed E-state index contributed by atoms with van der Waals surface area (Å²) >= 11 is 12.6. The van der Waals surface area contributed by atoms with Gasteiger partial charge in [-0.25, -0.2) is 4.98 Å². The molecule has 0 amide bonds. The fraction of sp³-hybridized carbons (Fsp3) is 0.143. The van der Waals surface area contributed by atoms with E-state index in [1.54, 1.807) is 30.2 Å². The van der Waals surface area contributed by atoms with Crippen molar-refractivity contribution in [3.05, 3.63) is 123 Å². The highest BCUT2D eigenvalue weighted by atomic mass is 35.5. The van der Waals surface area contributed by atoms with Gasteiger partial charge in [-0.3, -0.25) is 4.79 Å². The van der Waals surface area contributed by atoms with Crippen LogP contribution in [-0.4, -0.2) is 14.1 Å². The highest BCUT2D eigenvalue weighted by Crippen LogP contribution is 2.39. The molecule has 0 saturated heterocycles. The molecule has 0 bridgehead atoms. The molecule has 0 spiro atoms. The number of benzene rings is 2. The van der Waals surface area contributed by atoms with Gasteiger partial charge in [0.2, 0.25) is 0 Å². The molecule has 1 aliphatic rings. The Morgan fingerprint density at radius 2 is 1.89 bits per heavy atom. The number of imidazole rings is 1. The molecule has 1 atom stereocenters. The van der Waals surface area contributed by atoms with Crippen molar-refractivity contribution in [3.8, 4) is 11.1 Å². The number of nitrogens with two attached hydrogens (primary N) is 1. The first-order valence-corrected chi connectivity index (χ1v) is 11.9. The van der Waals surface area contributed by atoms with Gasteiger partial charge in [0.05, 0.1) is 23.7 Å². The standard InChI is InChI=1S/C28H24Cl2N4O/c1-33-17-32-16-26(33)28(31,19-6-4-7-21(29)11-9-19)20-10-12-25-24(14-20)23(15-27(35)34(25)2)18-5-3-8-22(30)13-18/h3-5,7-17H,6,31H2,1-2H3. The SMILES string of the molecule is Cn1cncc1C(N)(C1=CC=C(Cl)C=CC1)c1ccc2c(c1)c(-c1cccc(Cl)c1)cc(=O)n2C. The predicted octanol–water partition coefficient (Wildman–Crippen LogP) is 5.80. The average molecular weight is 503 g/mol. The van der Waals surface area contributed by atoms with Crippen molar-refractivity contribution in [2.75, 3.05) is 0 Å². The Bertz CT molecular complexity index is 1610. The van der Waals surface area contributed by atoms with Gasteiger partial charge >= 0.3 is 0 Å². The van der Waals surface area contributed by atoms with Crippen LogP contribution in [0.4, 0.5) is 0 Å². The summed E-state index contributed by atoms with van der Waals surface area (Å²) in [4.78, 5) is 17.1. The quantitative estimate of drug-likeness (QED) is 0.383. The molecule has 1 unspecified atom stereocenters. The Hall–Kier alpha value is -3.38. The van der Waals surface area contributed by atoms with Crippen LogP contribution in [0, 0.1) is 0 Å². The number of aromatic nitrogens is 3. The second-order valence-corrected chi connectivity index (χ2v) is 9.62. The average Bonchev–Trinajstić information content (AvgIpc) is 3.16. The van der Waals surface area contributed by atoms with Crippen molar-refractivity contribution < 1.29 is 0 Å². The maximum Gasteiger partial charge on any atom is 0.251 e. The molecular formula is C28H24Cl2N4O. The maximum atomic E-state index is 12.8. The number of fused-ring (bicyclic) bond motifs is 1. The zero-order valence-corrected chi connectivity index (χ0v) is 20.9. The number of hydrogen-bond donors (Lipinski definition) is 1. The molecule has 2 heterocycles. The summed E-state index contributed by atoms with van der Waals surface area (Å²) in [5, 5.41) is 2.15. The minimum Gasteiger partial charge on any atom is -0.336 e. The van der Waals surface area contributed by atoms with Crippen molar-refractivity contribution in [2.24, 2.45) is 19.8 Å². The smallest absolute Gasteiger partial charge is 0.251 e. The van der Waals surface area contributed by atoms with Gasteiger partial charge in [0, 0.05) is 35.6 Å². The zero-order valence-electron chi connectivity index (χ0n) is 19.4. The summed E-state index contributed by atoms with van der Waals surface area (Å²) in [7, 11) is 3.70. The lowest BCUT2D eigenvalue weighted by molar-refractivity contribution is 0.573. The van der Waals surface area contributed by atoms with Crippen molar-refractivity contribution in [3.63, 3.8) is 0 Å². The maximum absolute atomic E-state index is 12.8. The third kappa shape index (κ3) is 4.06. The van der Waals surface area contributed by atoms with Crippen molar-refractivity contribution in [1.82, 2.24) is 14.1 Å². The van der Waals surface area contributed by atoms with E-state index in [-0.39, 0.29) is 5.56 Å². The number of pyridine rings is 1. The van der Waals surface area contributed by atoms with E-state index in [0.717, 1.165) is 38.9 Å². The lowest BCUT2D eigenvalue weighted by Crippen LogP contribution is -2.41. The van der Waals surface area contributed by atoms with Crippen LogP contribution < -0.4 is 11.3 Å². The Kier molecular flexibility index (Phi) is 6.01. The summed E-state index contributed by atoms with van der Waals surface area (Å²) in [5.74, 6) is 0. The minimum absolute atomic E-state index is 0.0951. The van der Waals surface area contributed by atoms with Crippen LogP contribution in [0.3, 0.4) is 0 Å². The first-order chi connectivity index (χ1) is 16.8. The highest BCUT2D eigenvalue weighted by molar-refractivity contribution is 6.31. The molecule has 2 N–H and O–H groups in total. The van der Waals surface area contributed by atoms with Crippen molar-refractivity contribution in [1.29, 1.82) is 0 Å². The van der Waals surface area contributed by atoms with Gasteiger partial charge in [-0.2, -0.15) is 0 Å². The number of aryl methyl sites for hydroxylation is 2. The summed E-state index contributed by atoms with van der Waals surface area (Å²) in [6, 6.07) is 15.2. The molecule has 1 aliphatic carbocycles.